The minimum Gasteiger partial charge on any atom is -0.507 e. The maximum Gasteiger partial charge on any atom is 0.295 e. The maximum atomic E-state index is 13.0. The van der Waals surface area contributed by atoms with Crippen molar-refractivity contribution in [1.82, 2.24) is 4.90 Å². The summed E-state index contributed by atoms with van der Waals surface area (Å²) in [6.07, 6.45) is 0.714. The molecule has 1 N–H and O–H groups in total. The van der Waals surface area contributed by atoms with Gasteiger partial charge in [-0.15, -0.1) is 0 Å². The third kappa shape index (κ3) is 5.37. The highest BCUT2D eigenvalue weighted by atomic mass is 16.5. The first-order valence-corrected chi connectivity index (χ1v) is 11.0. The first kappa shape index (κ1) is 23.5. The topological polar surface area (TPSA) is 76.1 Å². The van der Waals surface area contributed by atoms with Crippen LogP contribution in [0.4, 0.5) is 0 Å². The lowest BCUT2D eigenvalue weighted by Crippen LogP contribution is -2.31. The molecule has 6 nitrogen and oxygen atoms in total. The minimum atomic E-state index is -0.677. The molecule has 1 unspecified atom stereocenters. The zero-order valence-electron chi connectivity index (χ0n) is 19.1. The number of aliphatic hydroxyl groups is 1. The normalized spacial score (nSPS) is 18.1. The van der Waals surface area contributed by atoms with Gasteiger partial charge in [0.2, 0.25) is 0 Å². The Labute approximate surface area is 189 Å². The van der Waals surface area contributed by atoms with Gasteiger partial charge < -0.3 is 19.5 Å². The van der Waals surface area contributed by atoms with Gasteiger partial charge in [0, 0.05) is 18.7 Å². The molecule has 2 aromatic carbocycles. The fourth-order valence-electron chi connectivity index (χ4n) is 3.77. The molecule has 32 heavy (non-hydrogen) atoms. The maximum absolute atomic E-state index is 13.0. The molecule has 170 valence electrons. The molecule has 0 radical (unpaired) electrons. The van der Waals surface area contributed by atoms with Gasteiger partial charge in [0.25, 0.3) is 11.7 Å². The first-order valence-electron chi connectivity index (χ1n) is 11.0. The van der Waals surface area contributed by atoms with Crippen LogP contribution in [0.5, 0.6) is 5.75 Å². The smallest absolute Gasteiger partial charge is 0.295 e. The summed E-state index contributed by atoms with van der Waals surface area (Å²) in [5.41, 5.74) is 1.34. The van der Waals surface area contributed by atoms with Gasteiger partial charge in [-0.2, -0.15) is 0 Å². The van der Waals surface area contributed by atoms with Crippen molar-refractivity contribution in [3.63, 3.8) is 0 Å². The average molecular weight is 438 g/mol. The van der Waals surface area contributed by atoms with Gasteiger partial charge in [-0.1, -0.05) is 30.3 Å². The minimum absolute atomic E-state index is 0.0255. The molecule has 0 aliphatic carbocycles. The molecule has 2 aromatic rings. The standard InChI is InChI=1S/C26H31NO5/c1-17(2)31-16-8-15-27-23(19-9-6-5-7-10-19)22(25(29)26(27)30)24(28)20-11-13-21(14-12-20)32-18(3)4/h5-7,9-14,17-18,23,28H,8,15-16H2,1-4H3/b24-22-. The second-order valence-corrected chi connectivity index (χ2v) is 8.37. The molecule has 1 amide bonds. The van der Waals surface area contributed by atoms with E-state index in [0.29, 0.717) is 30.9 Å². The molecular weight excluding hydrogens is 406 g/mol. The van der Waals surface area contributed by atoms with E-state index in [4.69, 9.17) is 9.47 Å². The van der Waals surface area contributed by atoms with Crippen LogP contribution in [-0.4, -0.2) is 47.1 Å². The number of likely N-dealkylation sites (tertiary alicyclic amines) is 1. The molecular formula is C26H31NO5. The Morgan fingerprint density at radius 2 is 1.62 bits per heavy atom. The van der Waals surface area contributed by atoms with Crippen LogP contribution in [0, 0.1) is 0 Å². The van der Waals surface area contributed by atoms with Crippen LogP contribution in [0.3, 0.4) is 0 Å². The Morgan fingerprint density at radius 1 is 0.969 bits per heavy atom. The van der Waals surface area contributed by atoms with Crippen LogP contribution in [0.2, 0.25) is 0 Å². The van der Waals surface area contributed by atoms with Crippen molar-refractivity contribution in [1.29, 1.82) is 0 Å². The SMILES string of the molecule is CC(C)OCCCN1C(=O)C(=O)/C(=C(\O)c2ccc(OC(C)C)cc2)C1c1ccccc1. The fourth-order valence-corrected chi connectivity index (χ4v) is 3.77. The van der Waals surface area contributed by atoms with Gasteiger partial charge in [0.05, 0.1) is 23.8 Å². The molecule has 6 heteroatoms. The summed E-state index contributed by atoms with van der Waals surface area (Å²) in [6.45, 7) is 8.61. The average Bonchev–Trinajstić information content (AvgIpc) is 3.01. The lowest BCUT2D eigenvalue weighted by Gasteiger charge is -2.25. The van der Waals surface area contributed by atoms with Crippen LogP contribution < -0.4 is 4.74 Å². The number of amides is 1. The van der Waals surface area contributed by atoms with Crippen LogP contribution in [0.15, 0.2) is 60.2 Å². The van der Waals surface area contributed by atoms with E-state index in [0.717, 1.165) is 5.56 Å². The summed E-state index contributed by atoms with van der Waals surface area (Å²) < 4.78 is 11.2. The Morgan fingerprint density at radius 3 is 2.22 bits per heavy atom. The lowest BCUT2D eigenvalue weighted by molar-refractivity contribution is -0.140. The van der Waals surface area contributed by atoms with Crippen molar-refractivity contribution in [3.05, 3.63) is 71.3 Å². The van der Waals surface area contributed by atoms with Crippen LogP contribution in [-0.2, 0) is 14.3 Å². The van der Waals surface area contributed by atoms with Crippen molar-refractivity contribution >= 4 is 17.4 Å². The fraction of sp³-hybridized carbons (Fsp3) is 0.385. The molecule has 0 bridgehead atoms. The number of carbonyl (C=O) groups excluding carboxylic acids is 2. The Kier molecular flexibility index (Phi) is 7.70. The summed E-state index contributed by atoms with van der Waals surface area (Å²) in [6, 6.07) is 15.5. The molecule has 1 atom stereocenters. The zero-order valence-corrected chi connectivity index (χ0v) is 19.1. The number of hydrogen-bond acceptors (Lipinski definition) is 5. The summed E-state index contributed by atoms with van der Waals surface area (Å²) >= 11 is 0. The lowest BCUT2D eigenvalue weighted by atomic mass is 9.95. The highest BCUT2D eigenvalue weighted by Gasteiger charge is 2.45. The Hall–Kier alpha value is -3.12. The summed E-state index contributed by atoms with van der Waals surface area (Å²) in [4.78, 5) is 27.4. The third-order valence-electron chi connectivity index (χ3n) is 5.15. The number of benzene rings is 2. The van der Waals surface area contributed by atoms with Gasteiger partial charge in [-0.3, -0.25) is 9.59 Å². The van der Waals surface area contributed by atoms with Gasteiger partial charge in [-0.25, -0.2) is 0 Å². The summed E-state index contributed by atoms with van der Waals surface area (Å²) in [5, 5.41) is 11.1. The van der Waals surface area contributed by atoms with Crippen molar-refractivity contribution in [3.8, 4) is 5.75 Å². The van der Waals surface area contributed by atoms with E-state index in [1.165, 1.54) is 4.90 Å². The van der Waals surface area contributed by atoms with E-state index >= 15 is 0 Å². The number of carbonyl (C=O) groups is 2. The quantitative estimate of drug-likeness (QED) is 0.266. The Balaban J connectivity index is 1.96. The molecule has 1 saturated heterocycles. The van der Waals surface area contributed by atoms with E-state index in [1.54, 1.807) is 24.3 Å². The number of rotatable bonds is 9. The summed E-state index contributed by atoms with van der Waals surface area (Å²) in [5.74, 6) is -0.802. The molecule has 1 aliphatic heterocycles. The van der Waals surface area contributed by atoms with E-state index in [2.05, 4.69) is 0 Å². The zero-order chi connectivity index (χ0) is 23.3. The molecule has 1 heterocycles. The van der Waals surface area contributed by atoms with Crippen molar-refractivity contribution < 1.29 is 24.2 Å². The molecule has 3 rings (SSSR count). The second kappa shape index (κ2) is 10.5. The van der Waals surface area contributed by atoms with E-state index in [9.17, 15) is 14.7 Å². The third-order valence-corrected chi connectivity index (χ3v) is 5.15. The van der Waals surface area contributed by atoms with Crippen LogP contribution >= 0.6 is 0 Å². The largest absolute Gasteiger partial charge is 0.507 e. The van der Waals surface area contributed by atoms with Gasteiger partial charge >= 0.3 is 0 Å². The highest BCUT2D eigenvalue weighted by Crippen LogP contribution is 2.39. The number of ether oxygens (including phenoxy) is 2. The molecule has 0 aromatic heterocycles. The molecule has 1 aliphatic rings. The predicted molar refractivity (Wildman–Crippen MR) is 123 cm³/mol. The summed E-state index contributed by atoms with van der Waals surface area (Å²) in [7, 11) is 0. The van der Waals surface area contributed by atoms with Crippen molar-refractivity contribution in [2.45, 2.75) is 52.4 Å². The number of hydrogen-bond donors (Lipinski definition) is 1. The number of ketones is 1. The number of nitrogens with zero attached hydrogens (tertiary/aromatic N) is 1. The van der Waals surface area contributed by atoms with Gasteiger partial charge in [0.15, 0.2) is 0 Å². The monoisotopic (exact) mass is 437 g/mol. The van der Waals surface area contributed by atoms with E-state index in [1.807, 2.05) is 58.0 Å². The molecule has 1 fully saturated rings. The highest BCUT2D eigenvalue weighted by molar-refractivity contribution is 6.46. The van der Waals surface area contributed by atoms with Crippen molar-refractivity contribution in [2.24, 2.45) is 0 Å². The van der Waals surface area contributed by atoms with E-state index in [-0.39, 0.29) is 23.5 Å². The number of aliphatic hydroxyl groups excluding tert-OH is 1. The van der Waals surface area contributed by atoms with E-state index < -0.39 is 17.7 Å². The predicted octanol–water partition coefficient (Wildman–Crippen LogP) is 4.71. The number of Topliss-reactive ketones (excluding diaryl/α,β-unsaturated/α-hetero) is 1. The van der Waals surface area contributed by atoms with Crippen molar-refractivity contribution in [2.75, 3.05) is 13.2 Å². The van der Waals surface area contributed by atoms with Gasteiger partial charge in [-0.05, 0) is 63.9 Å². The molecule has 0 spiro atoms. The van der Waals surface area contributed by atoms with Crippen LogP contribution in [0.25, 0.3) is 5.76 Å². The van der Waals surface area contributed by atoms with Gasteiger partial charge in [0.1, 0.15) is 11.5 Å². The second-order valence-electron chi connectivity index (χ2n) is 8.37. The van der Waals surface area contributed by atoms with Crippen LogP contribution in [0.1, 0.15) is 51.3 Å². The Bertz CT molecular complexity index is 963. The molecule has 0 saturated carbocycles. The first-order chi connectivity index (χ1) is 15.3.